The molecule has 2 amide bonds. The van der Waals surface area contributed by atoms with Crippen LogP contribution in [0.3, 0.4) is 0 Å². The van der Waals surface area contributed by atoms with Crippen LogP contribution in [0, 0.1) is 0 Å². The molecule has 0 saturated heterocycles. The molecule has 86 valence electrons. The maximum Gasteiger partial charge on any atom is 0.217 e. The van der Waals surface area contributed by atoms with Gasteiger partial charge in [-0.15, -0.1) is 0 Å². The first kappa shape index (κ1) is 15.9. The van der Waals surface area contributed by atoms with Crippen molar-refractivity contribution in [1.82, 2.24) is 10.6 Å². The molecule has 0 aliphatic rings. The fourth-order valence-corrected chi connectivity index (χ4v) is 0.630. The predicted octanol–water partition coefficient (Wildman–Crippen LogP) is 1.35. The molecule has 0 aliphatic carbocycles. The Balaban J connectivity index is 0. The van der Waals surface area contributed by atoms with Crippen LogP contribution in [0.1, 0.15) is 27.7 Å². The SMILES string of the molecule is CC.CC(=O)NC/C(C)=C/C=C\NC=O. The maximum absolute atomic E-state index is 10.5. The van der Waals surface area contributed by atoms with Gasteiger partial charge in [-0.1, -0.05) is 25.5 Å². The van der Waals surface area contributed by atoms with Crippen molar-refractivity contribution in [1.29, 1.82) is 0 Å². The Hall–Kier alpha value is -1.58. The van der Waals surface area contributed by atoms with Crippen molar-refractivity contribution in [2.24, 2.45) is 0 Å². The topological polar surface area (TPSA) is 58.2 Å². The molecule has 0 heterocycles. The third-order valence-corrected chi connectivity index (χ3v) is 1.26. The second-order valence-electron chi connectivity index (χ2n) is 2.57. The number of carbonyl (C=O) groups is 2. The van der Waals surface area contributed by atoms with Crippen molar-refractivity contribution in [3.8, 4) is 0 Å². The van der Waals surface area contributed by atoms with E-state index in [0.717, 1.165) is 5.57 Å². The maximum atomic E-state index is 10.5. The summed E-state index contributed by atoms with van der Waals surface area (Å²) in [5, 5.41) is 5.03. The summed E-state index contributed by atoms with van der Waals surface area (Å²) in [4.78, 5) is 20.3. The van der Waals surface area contributed by atoms with Crippen LogP contribution >= 0.6 is 0 Å². The molecule has 0 fully saturated rings. The molecule has 0 rings (SSSR count). The van der Waals surface area contributed by atoms with Crippen LogP contribution in [-0.2, 0) is 9.59 Å². The van der Waals surface area contributed by atoms with Crippen molar-refractivity contribution in [3.63, 3.8) is 0 Å². The van der Waals surface area contributed by atoms with Crippen molar-refractivity contribution in [2.45, 2.75) is 27.7 Å². The summed E-state index contributed by atoms with van der Waals surface area (Å²) in [6.45, 7) is 7.89. The van der Waals surface area contributed by atoms with E-state index in [1.807, 2.05) is 26.8 Å². The largest absolute Gasteiger partial charge is 0.353 e. The zero-order valence-corrected chi connectivity index (χ0v) is 9.83. The van der Waals surface area contributed by atoms with Crippen molar-refractivity contribution < 1.29 is 9.59 Å². The van der Waals surface area contributed by atoms with Crippen molar-refractivity contribution >= 4 is 12.3 Å². The fraction of sp³-hybridized carbons (Fsp3) is 0.455. The van der Waals surface area contributed by atoms with Gasteiger partial charge in [0.2, 0.25) is 12.3 Å². The first-order valence-electron chi connectivity index (χ1n) is 4.93. The van der Waals surface area contributed by atoms with Gasteiger partial charge in [-0.2, -0.15) is 0 Å². The molecular weight excluding hydrogens is 192 g/mol. The lowest BCUT2D eigenvalue weighted by atomic mass is 10.3. The minimum atomic E-state index is -0.0530. The zero-order valence-electron chi connectivity index (χ0n) is 9.83. The summed E-state index contributed by atoms with van der Waals surface area (Å²) in [5.41, 5.74) is 1.01. The minimum absolute atomic E-state index is 0.0530. The lowest BCUT2D eigenvalue weighted by Gasteiger charge is -1.99. The summed E-state index contributed by atoms with van der Waals surface area (Å²) in [6.07, 6.45) is 5.62. The van der Waals surface area contributed by atoms with Crippen LogP contribution in [0.15, 0.2) is 23.9 Å². The number of hydrogen-bond donors (Lipinski definition) is 2. The third-order valence-electron chi connectivity index (χ3n) is 1.26. The third kappa shape index (κ3) is 15.2. The van der Waals surface area contributed by atoms with Crippen LogP contribution < -0.4 is 10.6 Å². The molecule has 0 bridgehead atoms. The van der Waals surface area contributed by atoms with E-state index in [-0.39, 0.29) is 5.91 Å². The summed E-state index contributed by atoms with van der Waals surface area (Å²) in [7, 11) is 0. The second kappa shape index (κ2) is 12.4. The molecule has 0 aliphatic heterocycles. The Morgan fingerprint density at radius 3 is 2.33 bits per heavy atom. The minimum Gasteiger partial charge on any atom is -0.353 e. The Morgan fingerprint density at radius 1 is 1.27 bits per heavy atom. The smallest absolute Gasteiger partial charge is 0.217 e. The number of hydrogen-bond acceptors (Lipinski definition) is 2. The Kier molecular flexibility index (Phi) is 13.1. The van der Waals surface area contributed by atoms with E-state index >= 15 is 0 Å². The normalized spacial score (nSPS) is 10.3. The molecule has 0 radical (unpaired) electrons. The molecule has 4 nitrogen and oxygen atoms in total. The number of amides is 2. The molecule has 0 atom stereocenters. The van der Waals surface area contributed by atoms with Crippen LogP contribution in [0.2, 0.25) is 0 Å². The first-order chi connectivity index (χ1) is 7.16. The number of nitrogens with one attached hydrogen (secondary N) is 2. The fourth-order valence-electron chi connectivity index (χ4n) is 0.630. The lowest BCUT2D eigenvalue weighted by Crippen LogP contribution is -2.21. The van der Waals surface area contributed by atoms with Gasteiger partial charge in [0.15, 0.2) is 0 Å². The molecule has 4 heteroatoms. The monoisotopic (exact) mass is 212 g/mol. The van der Waals surface area contributed by atoms with E-state index in [9.17, 15) is 9.59 Å². The highest BCUT2D eigenvalue weighted by Crippen LogP contribution is 1.89. The van der Waals surface area contributed by atoms with Gasteiger partial charge in [0, 0.05) is 19.7 Å². The van der Waals surface area contributed by atoms with Crippen LogP contribution in [0.25, 0.3) is 0 Å². The van der Waals surface area contributed by atoms with E-state index in [1.165, 1.54) is 13.1 Å². The molecular formula is C11H20N2O2. The Labute approximate surface area is 91.4 Å². The van der Waals surface area contributed by atoms with Gasteiger partial charge >= 0.3 is 0 Å². The quantitative estimate of drug-likeness (QED) is 0.534. The lowest BCUT2D eigenvalue weighted by molar-refractivity contribution is -0.118. The van der Waals surface area contributed by atoms with Gasteiger partial charge in [0.05, 0.1) is 0 Å². The van der Waals surface area contributed by atoms with Crippen molar-refractivity contribution in [2.75, 3.05) is 6.54 Å². The standard InChI is InChI=1S/C9H14N2O2.C2H6/c1-8(6-11-9(2)13)4-3-5-10-7-12;1-2/h3-5,7H,6H2,1-2H3,(H,10,12)(H,11,13);1-2H3/b5-3-,8-4+;. The van der Waals surface area contributed by atoms with Crippen LogP contribution in [0.4, 0.5) is 0 Å². The zero-order chi connectivity index (χ0) is 12.1. The summed E-state index contributed by atoms with van der Waals surface area (Å²) >= 11 is 0. The van der Waals surface area contributed by atoms with Gasteiger partial charge in [-0.05, 0) is 13.0 Å². The van der Waals surface area contributed by atoms with Crippen LogP contribution in [0.5, 0.6) is 0 Å². The first-order valence-corrected chi connectivity index (χ1v) is 4.93. The van der Waals surface area contributed by atoms with Gasteiger partial charge in [0.1, 0.15) is 0 Å². The second-order valence-corrected chi connectivity index (χ2v) is 2.57. The van der Waals surface area contributed by atoms with E-state index in [1.54, 1.807) is 6.08 Å². The predicted molar refractivity (Wildman–Crippen MR) is 62.1 cm³/mol. The van der Waals surface area contributed by atoms with Crippen molar-refractivity contribution in [3.05, 3.63) is 23.9 Å². The molecule has 0 spiro atoms. The summed E-state index contributed by atoms with van der Waals surface area (Å²) in [5.74, 6) is -0.0530. The van der Waals surface area contributed by atoms with E-state index in [0.29, 0.717) is 13.0 Å². The highest BCUT2D eigenvalue weighted by Gasteiger charge is 1.89. The van der Waals surface area contributed by atoms with E-state index < -0.39 is 0 Å². The summed E-state index contributed by atoms with van der Waals surface area (Å²) < 4.78 is 0. The number of allylic oxidation sites excluding steroid dienone is 2. The van der Waals surface area contributed by atoms with Gasteiger partial charge < -0.3 is 10.6 Å². The molecule has 0 aromatic heterocycles. The summed E-state index contributed by atoms with van der Waals surface area (Å²) in [6, 6.07) is 0. The van der Waals surface area contributed by atoms with Gasteiger partial charge in [-0.25, -0.2) is 0 Å². The molecule has 0 aromatic carbocycles. The average Bonchev–Trinajstić information content (AvgIpc) is 2.24. The van der Waals surface area contributed by atoms with Crippen LogP contribution in [-0.4, -0.2) is 18.9 Å². The average molecular weight is 212 g/mol. The molecule has 0 unspecified atom stereocenters. The van der Waals surface area contributed by atoms with Gasteiger partial charge in [-0.3, -0.25) is 9.59 Å². The van der Waals surface area contributed by atoms with Gasteiger partial charge in [0.25, 0.3) is 0 Å². The Morgan fingerprint density at radius 2 is 1.87 bits per heavy atom. The number of rotatable bonds is 5. The molecule has 15 heavy (non-hydrogen) atoms. The molecule has 2 N–H and O–H groups in total. The van der Waals surface area contributed by atoms with E-state index in [4.69, 9.17) is 0 Å². The van der Waals surface area contributed by atoms with E-state index in [2.05, 4.69) is 10.6 Å². The molecule has 0 saturated carbocycles. The Bertz CT molecular complexity index is 233. The highest BCUT2D eigenvalue weighted by atomic mass is 16.1. The highest BCUT2D eigenvalue weighted by molar-refractivity contribution is 5.73. The molecule has 0 aromatic rings. The number of carbonyl (C=O) groups excluding carboxylic acids is 2.